The SMILES string of the molecule is CCNS(=O)(=O)c1ccc(N)c(NCCc2ncc[nH]2)c1. The molecule has 0 spiro atoms. The summed E-state index contributed by atoms with van der Waals surface area (Å²) in [5, 5.41) is 3.13. The highest BCUT2D eigenvalue weighted by molar-refractivity contribution is 7.89. The molecule has 1 heterocycles. The van der Waals surface area contributed by atoms with Crippen molar-refractivity contribution in [3.05, 3.63) is 36.4 Å². The van der Waals surface area contributed by atoms with Gasteiger partial charge in [-0.05, 0) is 18.2 Å². The van der Waals surface area contributed by atoms with Crippen molar-refractivity contribution in [1.29, 1.82) is 0 Å². The van der Waals surface area contributed by atoms with E-state index >= 15 is 0 Å². The van der Waals surface area contributed by atoms with Gasteiger partial charge in [-0.1, -0.05) is 6.92 Å². The average molecular weight is 309 g/mol. The highest BCUT2D eigenvalue weighted by Gasteiger charge is 2.14. The molecule has 0 amide bonds. The molecular weight excluding hydrogens is 290 g/mol. The van der Waals surface area contributed by atoms with Crippen molar-refractivity contribution in [2.24, 2.45) is 0 Å². The molecule has 0 saturated carbocycles. The molecular formula is C13H19N5O2S. The number of benzene rings is 1. The fraction of sp³-hybridized carbons (Fsp3) is 0.308. The van der Waals surface area contributed by atoms with E-state index in [0.717, 1.165) is 5.82 Å². The van der Waals surface area contributed by atoms with Gasteiger partial charge in [-0.3, -0.25) is 0 Å². The van der Waals surface area contributed by atoms with E-state index in [2.05, 4.69) is 20.0 Å². The zero-order chi connectivity index (χ0) is 15.3. The molecule has 0 atom stereocenters. The lowest BCUT2D eigenvalue weighted by atomic mass is 10.2. The first-order chi connectivity index (χ1) is 10.0. The number of imidazole rings is 1. The molecule has 8 heteroatoms. The molecule has 0 aliphatic rings. The highest BCUT2D eigenvalue weighted by atomic mass is 32.2. The van der Waals surface area contributed by atoms with Crippen LogP contribution in [-0.2, 0) is 16.4 Å². The molecule has 7 nitrogen and oxygen atoms in total. The van der Waals surface area contributed by atoms with Crippen molar-refractivity contribution < 1.29 is 8.42 Å². The van der Waals surface area contributed by atoms with Crippen LogP contribution in [0.2, 0.25) is 0 Å². The number of H-pyrrole nitrogens is 1. The summed E-state index contributed by atoms with van der Waals surface area (Å²) >= 11 is 0. The first-order valence-electron chi connectivity index (χ1n) is 6.64. The van der Waals surface area contributed by atoms with E-state index in [4.69, 9.17) is 5.73 Å². The van der Waals surface area contributed by atoms with Crippen LogP contribution in [0.1, 0.15) is 12.7 Å². The number of sulfonamides is 1. The molecule has 2 aromatic rings. The minimum Gasteiger partial charge on any atom is -0.397 e. The maximum atomic E-state index is 12.0. The van der Waals surface area contributed by atoms with Crippen molar-refractivity contribution >= 4 is 21.4 Å². The second kappa shape index (κ2) is 6.59. The molecule has 0 fully saturated rings. The molecule has 5 N–H and O–H groups in total. The fourth-order valence-electron chi connectivity index (χ4n) is 1.88. The predicted molar refractivity (Wildman–Crippen MR) is 82.5 cm³/mol. The van der Waals surface area contributed by atoms with E-state index in [0.29, 0.717) is 30.9 Å². The van der Waals surface area contributed by atoms with Crippen LogP contribution in [-0.4, -0.2) is 31.5 Å². The first-order valence-corrected chi connectivity index (χ1v) is 8.12. The van der Waals surface area contributed by atoms with Gasteiger partial charge in [-0.15, -0.1) is 0 Å². The average Bonchev–Trinajstić information content (AvgIpc) is 2.94. The Morgan fingerprint density at radius 1 is 1.38 bits per heavy atom. The first kappa shape index (κ1) is 15.3. The van der Waals surface area contributed by atoms with Crippen LogP contribution in [0.4, 0.5) is 11.4 Å². The molecule has 1 aromatic carbocycles. The number of aromatic nitrogens is 2. The largest absolute Gasteiger partial charge is 0.397 e. The smallest absolute Gasteiger partial charge is 0.240 e. The van der Waals surface area contributed by atoms with Gasteiger partial charge in [0.15, 0.2) is 0 Å². The number of hydrogen-bond acceptors (Lipinski definition) is 5. The van der Waals surface area contributed by atoms with E-state index in [-0.39, 0.29) is 4.90 Å². The summed E-state index contributed by atoms with van der Waals surface area (Å²) < 4.78 is 26.4. The number of hydrogen-bond donors (Lipinski definition) is 4. The summed E-state index contributed by atoms with van der Waals surface area (Å²) in [6, 6.07) is 4.61. The fourth-order valence-corrected chi connectivity index (χ4v) is 2.95. The Kier molecular flexibility index (Phi) is 4.81. The van der Waals surface area contributed by atoms with E-state index in [1.165, 1.54) is 12.1 Å². The number of nitrogens with two attached hydrogens (primary N) is 1. The van der Waals surface area contributed by atoms with Crippen molar-refractivity contribution in [2.75, 3.05) is 24.1 Å². The van der Waals surface area contributed by atoms with Gasteiger partial charge in [0.25, 0.3) is 0 Å². The molecule has 0 saturated heterocycles. The van der Waals surface area contributed by atoms with Crippen molar-refractivity contribution in [2.45, 2.75) is 18.2 Å². The quantitative estimate of drug-likeness (QED) is 0.569. The van der Waals surface area contributed by atoms with Crippen LogP contribution in [0.5, 0.6) is 0 Å². The van der Waals surface area contributed by atoms with Crippen molar-refractivity contribution in [3.63, 3.8) is 0 Å². The Hall–Kier alpha value is -2.06. The van der Waals surface area contributed by atoms with Crippen LogP contribution < -0.4 is 15.8 Å². The van der Waals surface area contributed by atoms with Crippen LogP contribution >= 0.6 is 0 Å². The number of nitrogens with one attached hydrogen (secondary N) is 3. The zero-order valence-electron chi connectivity index (χ0n) is 11.8. The third-order valence-corrected chi connectivity index (χ3v) is 4.44. The maximum Gasteiger partial charge on any atom is 0.240 e. The summed E-state index contributed by atoms with van der Waals surface area (Å²) in [6.45, 7) is 2.67. The topological polar surface area (TPSA) is 113 Å². The van der Waals surface area contributed by atoms with Crippen LogP contribution in [0.3, 0.4) is 0 Å². The van der Waals surface area contributed by atoms with Crippen LogP contribution in [0, 0.1) is 0 Å². The van der Waals surface area contributed by atoms with E-state index < -0.39 is 10.0 Å². The highest BCUT2D eigenvalue weighted by Crippen LogP contribution is 2.22. The van der Waals surface area contributed by atoms with Gasteiger partial charge in [0.1, 0.15) is 5.82 Å². The molecule has 0 aliphatic heterocycles. The number of anilines is 2. The lowest BCUT2D eigenvalue weighted by molar-refractivity contribution is 0.584. The lowest BCUT2D eigenvalue weighted by Crippen LogP contribution is -2.23. The Bertz CT molecular complexity index is 683. The lowest BCUT2D eigenvalue weighted by Gasteiger charge is -2.11. The Balaban J connectivity index is 2.08. The number of rotatable bonds is 7. The standard InChI is InChI=1S/C13H19N5O2S/c1-2-18-21(19,20)10-3-4-11(14)12(9-10)15-6-5-13-16-7-8-17-13/h3-4,7-9,15,18H,2,5-6,14H2,1H3,(H,16,17). The Morgan fingerprint density at radius 2 is 2.19 bits per heavy atom. The summed E-state index contributed by atoms with van der Waals surface area (Å²) in [7, 11) is -3.48. The molecule has 0 radical (unpaired) electrons. The molecule has 2 rings (SSSR count). The van der Waals surface area contributed by atoms with Gasteiger partial charge < -0.3 is 16.0 Å². The summed E-state index contributed by atoms with van der Waals surface area (Å²) in [6.07, 6.45) is 4.14. The zero-order valence-corrected chi connectivity index (χ0v) is 12.6. The van der Waals surface area contributed by atoms with Gasteiger partial charge in [-0.25, -0.2) is 18.1 Å². The third kappa shape index (κ3) is 3.96. The van der Waals surface area contributed by atoms with Gasteiger partial charge in [-0.2, -0.15) is 0 Å². The number of aromatic amines is 1. The van der Waals surface area contributed by atoms with Gasteiger partial charge in [0.2, 0.25) is 10.0 Å². The summed E-state index contributed by atoms with van der Waals surface area (Å²) in [4.78, 5) is 7.31. The van der Waals surface area contributed by atoms with E-state index in [9.17, 15) is 8.42 Å². The summed E-state index contributed by atoms with van der Waals surface area (Å²) in [5.41, 5.74) is 6.97. The molecule has 21 heavy (non-hydrogen) atoms. The number of nitrogen functional groups attached to an aromatic ring is 1. The minimum absolute atomic E-state index is 0.194. The van der Waals surface area contributed by atoms with Crippen LogP contribution in [0.25, 0.3) is 0 Å². The van der Waals surface area contributed by atoms with Gasteiger partial charge in [0.05, 0.1) is 16.3 Å². The normalized spacial score (nSPS) is 11.5. The second-order valence-electron chi connectivity index (χ2n) is 4.46. The predicted octanol–water partition coefficient (Wildman–Crippen LogP) is 0.945. The van der Waals surface area contributed by atoms with Crippen molar-refractivity contribution in [1.82, 2.24) is 14.7 Å². The molecule has 0 unspecified atom stereocenters. The van der Waals surface area contributed by atoms with Crippen molar-refractivity contribution in [3.8, 4) is 0 Å². The third-order valence-electron chi connectivity index (χ3n) is 2.90. The minimum atomic E-state index is -3.48. The summed E-state index contributed by atoms with van der Waals surface area (Å²) in [5.74, 6) is 0.859. The second-order valence-corrected chi connectivity index (χ2v) is 6.23. The number of nitrogens with zero attached hydrogens (tertiary/aromatic N) is 1. The molecule has 0 aliphatic carbocycles. The monoisotopic (exact) mass is 309 g/mol. The van der Waals surface area contributed by atoms with Gasteiger partial charge >= 0.3 is 0 Å². The van der Waals surface area contributed by atoms with Crippen LogP contribution in [0.15, 0.2) is 35.5 Å². The Morgan fingerprint density at radius 3 is 2.86 bits per heavy atom. The maximum absolute atomic E-state index is 12.0. The Labute approximate surface area is 124 Å². The van der Waals surface area contributed by atoms with E-state index in [1.54, 1.807) is 25.4 Å². The molecule has 1 aromatic heterocycles. The molecule has 114 valence electrons. The van der Waals surface area contributed by atoms with E-state index in [1.807, 2.05) is 0 Å². The van der Waals surface area contributed by atoms with Gasteiger partial charge in [0, 0.05) is 31.9 Å². The molecule has 0 bridgehead atoms.